The lowest BCUT2D eigenvalue weighted by Crippen LogP contribution is -2.42. The van der Waals surface area contributed by atoms with Crippen LogP contribution in [0.3, 0.4) is 0 Å². The van der Waals surface area contributed by atoms with Gasteiger partial charge in [0.25, 0.3) is 0 Å². The number of likely N-dealkylation sites (tertiary alicyclic amines) is 1. The lowest BCUT2D eigenvalue weighted by molar-refractivity contribution is -0.129. The van der Waals surface area contributed by atoms with E-state index in [1.165, 1.54) is 4.90 Å². The summed E-state index contributed by atoms with van der Waals surface area (Å²) in [6.45, 7) is 7.09. The quantitative estimate of drug-likeness (QED) is 0.725. The summed E-state index contributed by atoms with van der Waals surface area (Å²) in [5.74, 6) is 0.187. The molecule has 2 saturated heterocycles. The molecule has 7 nitrogen and oxygen atoms in total. The third kappa shape index (κ3) is 5.97. The van der Waals surface area contributed by atoms with Gasteiger partial charge in [-0.05, 0) is 57.9 Å². The summed E-state index contributed by atoms with van der Waals surface area (Å²) in [6.07, 6.45) is 2.49. The fourth-order valence-electron chi connectivity index (χ4n) is 3.98. The SMILES string of the molecule is CC(C)(C)OC(=O)N1CCC(CCC(=O)N2C(=O)OC[C@@H]2Cc2ccccc2)CC1. The van der Waals surface area contributed by atoms with E-state index in [9.17, 15) is 14.4 Å². The van der Waals surface area contributed by atoms with Crippen molar-refractivity contribution in [1.29, 1.82) is 0 Å². The average molecular weight is 417 g/mol. The third-order valence-electron chi connectivity index (χ3n) is 5.58. The van der Waals surface area contributed by atoms with Crippen LogP contribution in [0.4, 0.5) is 9.59 Å². The van der Waals surface area contributed by atoms with Gasteiger partial charge >= 0.3 is 12.2 Å². The molecule has 0 aliphatic carbocycles. The molecule has 7 heteroatoms. The molecule has 3 rings (SSSR count). The number of cyclic esters (lactones) is 1. The van der Waals surface area contributed by atoms with E-state index in [1.807, 2.05) is 51.1 Å². The number of amides is 3. The molecule has 1 atom stereocenters. The second-order valence-electron chi connectivity index (χ2n) is 9.13. The highest BCUT2D eigenvalue weighted by Crippen LogP contribution is 2.25. The van der Waals surface area contributed by atoms with Crippen LogP contribution in [0.15, 0.2) is 30.3 Å². The molecule has 0 N–H and O–H groups in total. The maximum Gasteiger partial charge on any atom is 0.416 e. The zero-order chi connectivity index (χ0) is 21.7. The molecule has 2 aliphatic heterocycles. The molecule has 2 aliphatic rings. The first-order chi connectivity index (χ1) is 14.2. The van der Waals surface area contributed by atoms with Gasteiger partial charge in [-0.15, -0.1) is 0 Å². The minimum atomic E-state index is -0.541. The molecule has 0 spiro atoms. The van der Waals surface area contributed by atoms with E-state index in [0.717, 1.165) is 18.4 Å². The smallest absolute Gasteiger partial charge is 0.416 e. The van der Waals surface area contributed by atoms with Gasteiger partial charge < -0.3 is 14.4 Å². The second-order valence-corrected chi connectivity index (χ2v) is 9.13. The molecule has 2 fully saturated rings. The van der Waals surface area contributed by atoms with Crippen LogP contribution in [0.5, 0.6) is 0 Å². The Bertz CT molecular complexity index is 751. The lowest BCUT2D eigenvalue weighted by atomic mass is 9.92. The number of rotatable bonds is 5. The number of ether oxygens (including phenoxy) is 2. The molecule has 0 saturated carbocycles. The highest BCUT2D eigenvalue weighted by molar-refractivity contribution is 5.93. The molecule has 0 bridgehead atoms. The first kappa shape index (κ1) is 22.1. The zero-order valence-corrected chi connectivity index (χ0v) is 18.1. The van der Waals surface area contributed by atoms with Crippen molar-refractivity contribution in [3.05, 3.63) is 35.9 Å². The Balaban J connectivity index is 1.46. The molecule has 164 valence electrons. The predicted octanol–water partition coefficient (Wildman–Crippen LogP) is 4.00. The summed E-state index contributed by atoms with van der Waals surface area (Å²) in [7, 11) is 0. The molecule has 1 aromatic rings. The highest BCUT2D eigenvalue weighted by atomic mass is 16.6. The number of benzene rings is 1. The fourth-order valence-corrected chi connectivity index (χ4v) is 3.98. The van der Waals surface area contributed by atoms with Crippen molar-refractivity contribution in [3.63, 3.8) is 0 Å². The first-order valence-corrected chi connectivity index (χ1v) is 10.7. The van der Waals surface area contributed by atoms with Gasteiger partial charge in [-0.2, -0.15) is 0 Å². The topological polar surface area (TPSA) is 76.2 Å². The first-order valence-electron chi connectivity index (χ1n) is 10.7. The number of hydrogen-bond acceptors (Lipinski definition) is 5. The van der Waals surface area contributed by atoms with E-state index < -0.39 is 11.7 Å². The summed E-state index contributed by atoms with van der Waals surface area (Å²) in [5, 5.41) is 0. The molecule has 30 heavy (non-hydrogen) atoms. The van der Waals surface area contributed by atoms with Crippen molar-refractivity contribution >= 4 is 18.1 Å². The van der Waals surface area contributed by atoms with Crippen LogP contribution in [0, 0.1) is 5.92 Å². The van der Waals surface area contributed by atoms with E-state index >= 15 is 0 Å². The Labute approximate surface area is 178 Å². The molecule has 3 amide bonds. The number of piperidine rings is 1. The van der Waals surface area contributed by atoms with Crippen LogP contribution < -0.4 is 0 Å². The van der Waals surface area contributed by atoms with Crippen LogP contribution >= 0.6 is 0 Å². The number of carbonyl (C=O) groups is 3. The summed E-state index contributed by atoms with van der Waals surface area (Å²) in [4.78, 5) is 40.1. The molecule has 1 aromatic carbocycles. The van der Waals surface area contributed by atoms with Crippen LogP contribution in [0.2, 0.25) is 0 Å². The molecule has 0 radical (unpaired) electrons. The van der Waals surface area contributed by atoms with E-state index in [1.54, 1.807) is 4.90 Å². The Morgan fingerprint density at radius 2 is 1.80 bits per heavy atom. The van der Waals surface area contributed by atoms with E-state index in [4.69, 9.17) is 9.47 Å². The van der Waals surface area contributed by atoms with Crippen LogP contribution in [0.1, 0.15) is 52.0 Å². The van der Waals surface area contributed by atoms with Gasteiger partial charge in [0, 0.05) is 19.5 Å². The van der Waals surface area contributed by atoms with Crippen LogP contribution in [-0.2, 0) is 20.7 Å². The minimum absolute atomic E-state index is 0.173. The summed E-state index contributed by atoms with van der Waals surface area (Å²) in [6, 6.07) is 9.57. The Morgan fingerprint density at radius 3 is 2.43 bits per heavy atom. The van der Waals surface area contributed by atoms with Crippen molar-refractivity contribution < 1.29 is 23.9 Å². The van der Waals surface area contributed by atoms with Gasteiger partial charge in [0.2, 0.25) is 5.91 Å². The molecule has 0 unspecified atom stereocenters. The summed E-state index contributed by atoms with van der Waals surface area (Å²) < 4.78 is 10.6. The maximum atomic E-state index is 12.8. The predicted molar refractivity (Wildman–Crippen MR) is 112 cm³/mol. The second kappa shape index (κ2) is 9.49. The molecule has 0 aromatic heterocycles. The Kier molecular flexibility index (Phi) is 7.00. The van der Waals surface area contributed by atoms with Crippen LogP contribution in [0.25, 0.3) is 0 Å². The molecular formula is C23H32N2O5. The fraction of sp³-hybridized carbons (Fsp3) is 0.609. The Morgan fingerprint density at radius 1 is 1.13 bits per heavy atom. The minimum Gasteiger partial charge on any atom is -0.447 e. The van der Waals surface area contributed by atoms with Crippen molar-refractivity contribution in [2.45, 2.75) is 64.5 Å². The normalized spacial score (nSPS) is 20.2. The highest BCUT2D eigenvalue weighted by Gasteiger charge is 2.38. The van der Waals surface area contributed by atoms with Gasteiger partial charge in [0.1, 0.15) is 12.2 Å². The summed E-state index contributed by atoms with van der Waals surface area (Å²) in [5.41, 5.74) is 0.578. The largest absolute Gasteiger partial charge is 0.447 e. The third-order valence-corrected chi connectivity index (χ3v) is 5.58. The Hall–Kier alpha value is -2.57. The molecule has 2 heterocycles. The van der Waals surface area contributed by atoms with Gasteiger partial charge in [-0.3, -0.25) is 4.79 Å². The van der Waals surface area contributed by atoms with Gasteiger partial charge in [0.05, 0.1) is 6.04 Å². The van der Waals surface area contributed by atoms with Gasteiger partial charge in [-0.25, -0.2) is 14.5 Å². The van der Waals surface area contributed by atoms with Gasteiger partial charge in [-0.1, -0.05) is 30.3 Å². The number of hydrogen-bond donors (Lipinski definition) is 0. The summed E-state index contributed by atoms with van der Waals surface area (Å²) >= 11 is 0. The lowest BCUT2D eigenvalue weighted by Gasteiger charge is -2.33. The number of carbonyl (C=O) groups excluding carboxylic acids is 3. The average Bonchev–Trinajstić information content (AvgIpc) is 3.06. The van der Waals surface area contributed by atoms with E-state index in [2.05, 4.69) is 0 Å². The van der Waals surface area contributed by atoms with E-state index in [-0.39, 0.29) is 24.6 Å². The number of imide groups is 1. The van der Waals surface area contributed by atoms with Crippen LogP contribution in [-0.4, -0.2) is 59.2 Å². The standard InChI is InChI=1S/C23H32N2O5/c1-23(2,3)30-21(27)24-13-11-17(12-14-24)9-10-20(26)25-19(16-29-22(25)28)15-18-7-5-4-6-8-18/h4-8,17,19H,9-16H2,1-3H3/t19-/m0/s1. The van der Waals surface area contributed by atoms with Crippen molar-refractivity contribution in [2.75, 3.05) is 19.7 Å². The zero-order valence-electron chi connectivity index (χ0n) is 18.1. The monoisotopic (exact) mass is 416 g/mol. The van der Waals surface area contributed by atoms with Gasteiger partial charge in [0.15, 0.2) is 0 Å². The van der Waals surface area contributed by atoms with Crippen molar-refractivity contribution in [3.8, 4) is 0 Å². The number of nitrogens with zero attached hydrogens (tertiary/aromatic N) is 2. The van der Waals surface area contributed by atoms with E-state index in [0.29, 0.717) is 38.3 Å². The van der Waals surface area contributed by atoms with Crippen molar-refractivity contribution in [2.24, 2.45) is 5.92 Å². The maximum absolute atomic E-state index is 12.8. The molecular weight excluding hydrogens is 384 g/mol. The van der Waals surface area contributed by atoms with Crippen molar-refractivity contribution in [1.82, 2.24) is 9.80 Å².